The molecule has 1 atom stereocenters. The van der Waals surface area contributed by atoms with E-state index in [1.54, 1.807) is 28.9 Å². The normalized spacial score (nSPS) is 17.7. The van der Waals surface area contributed by atoms with E-state index in [9.17, 15) is 8.78 Å². The van der Waals surface area contributed by atoms with Crippen molar-refractivity contribution in [3.63, 3.8) is 0 Å². The Bertz CT molecular complexity index is 1120. The first-order valence-corrected chi connectivity index (χ1v) is 8.84. The number of halogens is 2. The highest BCUT2D eigenvalue weighted by molar-refractivity contribution is 5.73. The summed E-state index contributed by atoms with van der Waals surface area (Å²) in [5.74, 6) is -1.41. The van der Waals surface area contributed by atoms with E-state index in [-0.39, 0.29) is 6.42 Å². The van der Waals surface area contributed by atoms with E-state index in [1.165, 1.54) is 0 Å². The maximum atomic E-state index is 12.9. The Balaban J connectivity index is 1.24. The fraction of sp³-hybridized carbons (Fsp3) is 0.263. The molecule has 9 heteroatoms. The third-order valence-electron chi connectivity index (χ3n) is 4.58. The molecule has 7 nitrogen and oxygen atoms in total. The molecule has 1 saturated carbocycles. The van der Waals surface area contributed by atoms with Crippen LogP contribution in [-0.4, -0.2) is 37.2 Å². The van der Waals surface area contributed by atoms with Gasteiger partial charge in [0.1, 0.15) is 11.3 Å². The van der Waals surface area contributed by atoms with Crippen LogP contribution in [0.3, 0.4) is 0 Å². The molecule has 1 aliphatic rings. The summed E-state index contributed by atoms with van der Waals surface area (Å²) in [7, 11) is 0. The second-order valence-corrected chi connectivity index (χ2v) is 6.66. The highest BCUT2D eigenvalue weighted by Gasteiger charge is 2.59. The fourth-order valence-corrected chi connectivity index (χ4v) is 2.92. The molecular weight excluding hydrogens is 368 g/mol. The number of aromatic nitrogens is 5. The summed E-state index contributed by atoms with van der Waals surface area (Å²) in [5, 5.41) is 12.2. The maximum absolute atomic E-state index is 12.9. The van der Waals surface area contributed by atoms with Crippen LogP contribution >= 0.6 is 0 Å². The van der Waals surface area contributed by atoms with Gasteiger partial charge < -0.3 is 9.26 Å². The predicted molar refractivity (Wildman–Crippen MR) is 94.9 cm³/mol. The molecule has 0 bridgehead atoms. The van der Waals surface area contributed by atoms with E-state index in [0.717, 1.165) is 11.0 Å². The van der Waals surface area contributed by atoms with Crippen LogP contribution in [0.25, 0.3) is 22.5 Å². The van der Waals surface area contributed by atoms with Crippen molar-refractivity contribution in [3.8, 4) is 17.2 Å². The number of hydrogen-bond acceptors (Lipinski definition) is 6. The summed E-state index contributed by atoms with van der Waals surface area (Å²) in [4.78, 5) is 4.39. The van der Waals surface area contributed by atoms with E-state index < -0.39 is 12.0 Å². The SMILES string of the molecule is FC1(F)CC1Oc1ccc(-c2nc(CCn3nnc4ccccc43)no2)cc1. The molecule has 2 aromatic carbocycles. The summed E-state index contributed by atoms with van der Waals surface area (Å²) in [5.41, 5.74) is 2.48. The number of nitrogens with zero attached hydrogens (tertiary/aromatic N) is 5. The Kier molecular flexibility index (Phi) is 3.81. The number of rotatable bonds is 6. The van der Waals surface area contributed by atoms with Gasteiger partial charge in [0, 0.05) is 12.0 Å². The van der Waals surface area contributed by atoms with E-state index in [4.69, 9.17) is 9.26 Å². The van der Waals surface area contributed by atoms with Crippen molar-refractivity contribution in [2.75, 3.05) is 0 Å². The molecule has 0 N–H and O–H groups in total. The predicted octanol–water partition coefficient (Wildman–Crippen LogP) is 3.51. The van der Waals surface area contributed by atoms with Gasteiger partial charge in [-0.15, -0.1) is 5.10 Å². The zero-order valence-corrected chi connectivity index (χ0v) is 14.6. The Morgan fingerprint density at radius 2 is 1.93 bits per heavy atom. The van der Waals surface area contributed by atoms with Gasteiger partial charge in [0.15, 0.2) is 11.9 Å². The van der Waals surface area contributed by atoms with Crippen molar-refractivity contribution >= 4 is 11.0 Å². The van der Waals surface area contributed by atoms with Crippen LogP contribution in [0.1, 0.15) is 12.2 Å². The third kappa shape index (κ3) is 3.19. The van der Waals surface area contributed by atoms with Gasteiger partial charge in [0.2, 0.25) is 0 Å². The summed E-state index contributed by atoms with van der Waals surface area (Å²) >= 11 is 0. The molecule has 4 aromatic rings. The lowest BCUT2D eigenvalue weighted by Crippen LogP contribution is -2.06. The number of ether oxygens (including phenoxy) is 1. The molecule has 0 spiro atoms. The molecular formula is C19H15F2N5O2. The Labute approximate surface area is 157 Å². The van der Waals surface area contributed by atoms with Gasteiger partial charge in [0.05, 0.1) is 18.5 Å². The zero-order valence-electron chi connectivity index (χ0n) is 14.6. The minimum atomic E-state index is -2.71. The van der Waals surface area contributed by atoms with Crippen molar-refractivity contribution in [3.05, 3.63) is 54.4 Å². The first-order valence-electron chi connectivity index (χ1n) is 8.84. The van der Waals surface area contributed by atoms with Crippen LogP contribution in [-0.2, 0) is 13.0 Å². The first-order chi connectivity index (χ1) is 13.6. The number of alkyl halides is 2. The number of para-hydroxylation sites is 1. The van der Waals surface area contributed by atoms with Crippen LogP contribution in [0.4, 0.5) is 8.78 Å². The summed E-state index contributed by atoms with van der Waals surface area (Å²) in [6, 6.07) is 14.4. The van der Waals surface area contributed by atoms with Crippen LogP contribution in [0.5, 0.6) is 5.75 Å². The van der Waals surface area contributed by atoms with Gasteiger partial charge >= 0.3 is 0 Å². The Morgan fingerprint density at radius 3 is 2.71 bits per heavy atom. The Hall–Kier alpha value is -3.36. The minimum absolute atomic E-state index is 0.233. The van der Waals surface area contributed by atoms with E-state index in [1.807, 2.05) is 24.3 Å². The van der Waals surface area contributed by atoms with Gasteiger partial charge in [-0.05, 0) is 36.4 Å². The lowest BCUT2D eigenvalue weighted by atomic mass is 10.2. The fourth-order valence-electron chi connectivity index (χ4n) is 2.92. The lowest BCUT2D eigenvalue weighted by Gasteiger charge is -2.04. The summed E-state index contributed by atoms with van der Waals surface area (Å²) < 4.78 is 38.2. The number of benzene rings is 2. The van der Waals surface area contributed by atoms with Crippen LogP contribution in [0, 0.1) is 0 Å². The van der Waals surface area contributed by atoms with E-state index in [2.05, 4.69) is 20.5 Å². The highest BCUT2D eigenvalue weighted by Crippen LogP contribution is 2.44. The molecule has 0 radical (unpaired) electrons. The summed E-state index contributed by atoms with van der Waals surface area (Å²) in [6.07, 6.45) is -0.723. The second-order valence-electron chi connectivity index (χ2n) is 6.66. The molecule has 28 heavy (non-hydrogen) atoms. The quantitative estimate of drug-likeness (QED) is 0.507. The number of hydrogen-bond donors (Lipinski definition) is 0. The largest absolute Gasteiger partial charge is 0.484 e. The third-order valence-corrected chi connectivity index (χ3v) is 4.58. The van der Waals surface area contributed by atoms with Crippen molar-refractivity contribution in [1.82, 2.24) is 25.1 Å². The molecule has 2 aromatic heterocycles. The van der Waals surface area contributed by atoms with Crippen LogP contribution in [0.2, 0.25) is 0 Å². The van der Waals surface area contributed by atoms with E-state index in [0.29, 0.717) is 36.0 Å². The topological polar surface area (TPSA) is 78.9 Å². The van der Waals surface area contributed by atoms with Gasteiger partial charge in [-0.25, -0.2) is 13.5 Å². The molecule has 0 amide bonds. The molecule has 1 unspecified atom stereocenters. The van der Waals surface area contributed by atoms with Crippen LogP contribution < -0.4 is 4.74 Å². The van der Waals surface area contributed by atoms with Crippen molar-refractivity contribution in [1.29, 1.82) is 0 Å². The number of aryl methyl sites for hydroxylation is 2. The molecule has 1 fully saturated rings. The molecule has 5 rings (SSSR count). The molecule has 142 valence electrons. The molecule has 2 heterocycles. The van der Waals surface area contributed by atoms with Gasteiger partial charge in [-0.1, -0.05) is 22.5 Å². The molecule has 0 aliphatic heterocycles. The molecule has 1 aliphatic carbocycles. The van der Waals surface area contributed by atoms with Crippen molar-refractivity contribution in [2.45, 2.75) is 31.4 Å². The van der Waals surface area contributed by atoms with Crippen molar-refractivity contribution in [2.24, 2.45) is 0 Å². The zero-order chi connectivity index (χ0) is 19.1. The van der Waals surface area contributed by atoms with Gasteiger partial charge in [-0.3, -0.25) is 0 Å². The van der Waals surface area contributed by atoms with Gasteiger partial charge in [0.25, 0.3) is 11.8 Å². The average molecular weight is 383 g/mol. The minimum Gasteiger partial charge on any atom is -0.484 e. The first kappa shape index (κ1) is 16.8. The lowest BCUT2D eigenvalue weighted by molar-refractivity contribution is 0.0665. The smallest absolute Gasteiger partial charge is 0.288 e. The number of fused-ring (bicyclic) bond motifs is 1. The monoisotopic (exact) mass is 383 g/mol. The van der Waals surface area contributed by atoms with E-state index >= 15 is 0 Å². The second kappa shape index (κ2) is 6.36. The Morgan fingerprint density at radius 1 is 1.14 bits per heavy atom. The molecule has 0 saturated heterocycles. The van der Waals surface area contributed by atoms with Crippen molar-refractivity contribution < 1.29 is 18.0 Å². The van der Waals surface area contributed by atoms with Gasteiger partial charge in [-0.2, -0.15) is 4.98 Å². The highest BCUT2D eigenvalue weighted by atomic mass is 19.3. The summed E-state index contributed by atoms with van der Waals surface area (Å²) in [6.45, 7) is 0.571. The standard InChI is InChI=1S/C19H15F2N5O2/c20-19(21)11-16(19)27-13-7-5-12(6-8-13)18-22-17(24-28-18)9-10-26-15-4-2-1-3-14(15)23-25-26/h1-8,16H,9-11H2. The maximum Gasteiger partial charge on any atom is 0.288 e. The average Bonchev–Trinajstić information content (AvgIpc) is 3.10. The van der Waals surface area contributed by atoms with Crippen LogP contribution in [0.15, 0.2) is 53.1 Å².